The van der Waals surface area contributed by atoms with Gasteiger partial charge < -0.3 is 4.43 Å². The second-order valence-electron chi connectivity index (χ2n) is 4.97. The van der Waals surface area contributed by atoms with Crippen LogP contribution in [-0.4, -0.2) is 14.1 Å². The van der Waals surface area contributed by atoms with Crippen molar-refractivity contribution in [2.24, 2.45) is 5.92 Å². The molecule has 3 heteroatoms. The molecule has 0 bridgehead atoms. The van der Waals surface area contributed by atoms with Gasteiger partial charge in [-0.2, -0.15) is 0 Å². The Bertz CT molecular complexity index is 251. The predicted molar refractivity (Wildman–Crippen MR) is 60.5 cm³/mol. The van der Waals surface area contributed by atoms with Crippen LogP contribution in [0.3, 0.4) is 0 Å². The zero-order valence-electron chi connectivity index (χ0n) is 9.59. The maximum atomic E-state index is 11.1. The zero-order valence-corrected chi connectivity index (χ0v) is 10.6. The minimum Gasteiger partial charge on any atom is -0.548 e. The van der Waals surface area contributed by atoms with Gasteiger partial charge in [0, 0.05) is 12.3 Å². The molecule has 0 aromatic heterocycles. The van der Waals surface area contributed by atoms with Crippen molar-refractivity contribution in [3.05, 3.63) is 11.8 Å². The molecule has 0 N–H and O–H groups in total. The quantitative estimate of drug-likeness (QED) is 0.672. The first-order valence-electron chi connectivity index (χ1n) is 5.27. The van der Waals surface area contributed by atoms with Crippen LogP contribution >= 0.6 is 0 Å². The second-order valence-corrected chi connectivity index (χ2v) is 9.40. The van der Waals surface area contributed by atoms with Crippen molar-refractivity contribution >= 4 is 14.1 Å². The van der Waals surface area contributed by atoms with E-state index >= 15 is 0 Å². The van der Waals surface area contributed by atoms with Crippen molar-refractivity contribution in [2.75, 3.05) is 0 Å². The smallest absolute Gasteiger partial charge is 0.241 e. The lowest BCUT2D eigenvalue weighted by Gasteiger charge is -2.26. The van der Waals surface area contributed by atoms with Gasteiger partial charge in [-0.15, -0.1) is 0 Å². The minimum atomic E-state index is -1.45. The number of carbonyl (C=O) groups excluding carboxylic acids is 1. The summed E-state index contributed by atoms with van der Waals surface area (Å²) in [6.45, 7) is 8.24. The number of carbonyl (C=O) groups is 1. The summed E-state index contributed by atoms with van der Waals surface area (Å²) in [7, 11) is -1.45. The molecule has 0 fully saturated rings. The van der Waals surface area contributed by atoms with Crippen LogP contribution in [0.4, 0.5) is 0 Å². The lowest BCUT2D eigenvalue weighted by atomic mass is 9.90. The first kappa shape index (κ1) is 11.5. The number of rotatable bonds is 3. The minimum absolute atomic E-state index is 0.240. The summed E-state index contributed by atoms with van der Waals surface area (Å²) >= 11 is 0. The number of allylic oxidation sites excluding steroid dienone is 2. The third kappa shape index (κ3) is 3.66. The van der Waals surface area contributed by atoms with E-state index in [1.54, 1.807) is 6.92 Å². The molecule has 14 heavy (non-hydrogen) atoms. The second kappa shape index (κ2) is 4.30. The Kier molecular flexibility index (Phi) is 3.53. The molecule has 0 spiro atoms. The van der Waals surface area contributed by atoms with E-state index in [1.807, 2.05) is 0 Å². The molecule has 1 atom stereocenters. The maximum Gasteiger partial charge on any atom is 0.241 e. The zero-order chi connectivity index (χ0) is 10.8. The summed E-state index contributed by atoms with van der Waals surface area (Å²) < 4.78 is 5.90. The predicted octanol–water partition coefficient (Wildman–Crippen LogP) is 3.11. The number of hydrogen-bond acceptors (Lipinski definition) is 2. The highest BCUT2D eigenvalue weighted by Gasteiger charge is 2.22. The Morgan fingerprint density at radius 3 is 2.50 bits per heavy atom. The molecule has 1 unspecified atom stereocenters. The fraction of sp³-hybridized carbons (Fsp3) is 0.727. The van der Waals surface area contributed by atoms with Crippen LogP contribution < -0.4 is 0 Å². The van der Waals surface area contributed by atoms with E-state index in [4.69, 9.17) is 4.43 Å². The molecule has 1 rings (SSSR count). The highest BCUT2D eigenvalue weighted by molar-refractivity contribution is 6.70. The Balaban J connectivity index is 2.49. The molecule has 1 aliphatic carbocycles. The van der Waals surface area contributed by atoms with E-state index in [2.05, 4.69) is 25.7 Å². The Morgan fingerprint density at radius 1 is 1.50 bits per heavy atom. The SMILES string of the molecule is CC(=O)C1CC=C(O[Si](C)(C)C)CC1. The van der Waals surface area contributed by atoms with E-state index < -0.39 is 8.32 Å². The molecule has 0 saturated carbocycles. The van der Waals surface area contributed by atoms with E-state index in [-0.39, 0.29) is 5.92 Å². The van der Waals surface area contributed by atoms with Gasteiger partial charge in [-0.05, 0) is 45.5 Å². The molecule has 1 aliphatic rings. The van der Waals surface area contributed by atoms with Crippen LogP contribution in [0.15, 0.2) is 11.8 Å². The van der Waals surface area contributed by atoms with E-state index in [0.717, 1.165) is 25.0 Å². The largest absolute Gasteiger partial charge is 0.548 e. The first-order valence-corrected chi connectivity index (χ1v) is 8.68. The molecule has 0 amide bonds. The summed E-state index contributed by atoms with van der Waals surface area (Å²) in [5.41, 5.74) is 0. The summed E-state index contributed by atoms with van der Waals surface area (Å²) in [5, 5.41) is 0. The lowest BCUT2D eigenvalue weighted by molar-refractivity contribution is -0.121. The molecule has 0 aromatic carbocycles. The van der Waals surface area contributed by atoms with E-state index in [1.165, 1.54) is 0 Å². The molecule has 80 valence electrons. The normalized spacial score (nSPS) is 22.9. The summed E-state index contributed by atoms with van der Waals surface area (Å²) in [5.74, 6) is 1.67. The maximum absolute atomic E-state index is 11.1. The molecule has 0 aliphatic heterocycles. The van der Waals surface area contributed by atoms with Crippen molar-refractivity contribution in [3.8, 4) is 0 Å². The average molecular weight is 212 g/mol. The van der Waals surface area contributed by atoms with Crippen molar-refractivity contribution in [1.82, 2.24) is 0 Å². The summed E-state index contributed by atoms with van der Waals surface area (Å²) in [6, 6.07) is 0. The van der Waals surface area contributed by atoms with Crippen LogP contribution in [0.1, 0.15) is 26.2 Å². The molecule has 0 heterocycles. The van der Waals surface area contributed by atoms with Crippen LogP contribution in [-0.2, 0) is 9.22 Å². The molecule has 0 radical (unpaired) electrons. The van der Waals surface area contributed by atoms with Crippen molar-refractivity contribution in [3.63, 3.8) is 0 Å². The summed E-state index contributed by atoms with van der Waals surface area (Å²) in [6.07, 6.45) is 4.88. The van der Waals surface area contributed by atoms with E-state index in [9.17, 15) is 4.79 Å². The van der Waals surface area contributed by atoms with Crippen LogP contribution in [0.5, 0.6) is 0 Å². The molecule has 0 aromatic rings. The van der Waals surface area contributed by atoms with Crippen molar-refractivity contribution in [1.29, 1.82) is 0 Å². The third-order valence-electron chi connectivity index (χ3n) is 2.38. The van der Waals surface area contributed by atoms with E-state index in [0.29, 0.717) is 5.78 Å². The van der Waals surface area contributed by atoms with Gasteiger partial charge in [0.2, 0.25) is 8.32 Å². The third-order valence-corrected chi connectivity index (χ3v) is 3.26. The molecule has 2 nitrogen and oxygen atoms in total. The summed E-state index contributed by atoms with van der Waals surface area (Å²) in [4.78, 5) is 11.1. The fourth-order valence-electron chi connectivity index (χ4n) is 1.67. The van der Waals surface area contributed by atoms with Gasteiger partial charge in [-0.3, -0.25) is 4.79 Å². The monoisotopic (exact) mass is 212 g/mol. The van der Waals surface area contributed by atoms with Crippen molar-refractivity contribution < 1.29 is 9.22 Å². The van der Waals surface area contributed by atoms with Gasteiger partial charge in [0.1, 0.15) is 5.78 Å². The molecular formula is C11H20O2Si. The van der Waals surface area contributed by atoms with Crippen LogP contribution in [0.2, 0.25) is 19.6 Å². The van der Waals surface area contributed by atoms with Crippen LogP contribution in [0, 0.1) is 5.92 Å². The molecular weight excluding hydrogens is 192 g/mol. The topological polar surface area (TPSA) is 26.3 Å². The highest BCUT2D eigenvalue weighted by atomic mass is 28.4. The van der Waals surface area contributed by atoms with Gasteiger partial charge in [0.25, 0.3) is 0 Å². The van der Waals surface area contributed by atoms with Gasteiger partial charge >= 0.3 is 0 Å². The van der Waals surface area contributed by atoms with Crippen LogP contribution in [0.25, 0.3) is 0 Å². The van der Waals surface area contributed by atoms with Crippen molar-refractivity contribution in [2.45, 2.75) is 45.8 Å². The van der Waals surface area contributed by atoms with Gasteiger partial charge in [-0.1, -0.05) is 0 Å². The number of Topliss-reactive ketones (excluding diaryl/α,β-unsaturated/α-hetero) is 1. The number of ketones is 1. The first-order chi connectivity index (χ1) is 6.38. The Hall–Kier alpha value is -0.573. The Morgan fingerprint density at radius 2 is 2.14 bits per heavy atom. The fourth-order valence-corrected chi connectivity index (χ4v) is 2.64. The van der Waals surface area contributed by atoms with Gasteiger partial charge in [0.15, 0.2) is 0 Å². The highest BCUT2D eigenvalue weighted by Crippen LogP contribution is 2.26. The molecule has 0 saturated heterocycles. The van der Waals surface area contributed by atoms with Gasteiger partial charge in [0.05, 0.1) is 5.76 Å². The number of hydrogen-bond donors (Lipinski definition) is 0. The Labute approximate surface area is 87.5 Å². The lowest BCUT2D eigenvalue weighted by Crippen LogP contribution is -2.26. The average Bonchev–Trinajstić information content (AvgIpc) is 2.02. The standard InChI is InChI=1S/C11H20O2Si/c1-9(12)10-5-7-11(8-6-10)13-14(2,3)4/h7,10H,5-6,8H2,1-4H3. The van der Waals surface area contributed by atoms with Gasteiger partial charge in [-0.25, -0.2) is 0 Å².